The van der Waals surface area contributed by atoms with Crippen molar-refractivity contribution in [2.24, 2.45) is 0 Å². The van der Waals surface area contributed by atoms with E-state index in [0.29, 0.717) is 36.8 Å². The van der Waals surface area contributed by atoms with Crippen molar-refractivity contribution in [3.05, 3.63) is 35.7 Å². The van der Waals surface area contributed by atoms with E-state index in [0.717, 1.165) is 5.56 Å². The van der Waals surface area contributed by atoms with Crippen molar-refractivity contribution >= 4 is 11.9 Å². The van der Waals surface area contributed by atoms with E-state index >= 15 is 0 Å². The van der Waals surface area contributed by atoms with Crippen molar-refractivity contribution in [3.63, 3.8) is 0 Å². The van der Waals surface area contributed by atoms with Gasteiger partial charge in [0.15, 0.2) is 5.78 Å². The summed E-state index contributed by atoms with van der Waals surface area (Å²) in [5.74, 6) is 0.835. The molecule has 7 nitrogen and oxygen atoms in total. The van der Waals surface area contributed by atoms with E-state index in [2.05, 4.69) is 10.1 Å². The van der Waals surface area contributed by atoms with Crippen LogP contribution in [0.5, 0.6) is 0 Å². The van der Waals surface area contributed by atoms with Crippen LogP contribution in [0.4, 0.5) is 4.79 Å². The zero-order valence-electron chi connectivity index (χ0n) is 12.0. The van der Waals surface area contributed by atoms with Crippen LogP contribution >= 0.6 is 0 Å². The number of carbonyl (C=O) groups is 2. The first-order valence-corrected chi connectivity index (χ1v) is 6.97. The van der Waals surface area contributed by atoms with Crippen LogP contribution in [-0.4, -0.2) is 45.1 Å². The summed E-state index contributed by atoms with van der Waals surface area (Å²) in [6.45, 7) is 2.36. The van der Waals surface area contributed by atoms with Gasteiger partial charge in [-0.1, -0.05) is 29.4 Å². The normalized spacial score (nSPS) is 17.7. The van der Waals surface area contributed by atoms with E-state index in [1.807, 2.05) is 0 Å². The minimum absolute atomic E-state index is 0.0000636. The quantitative estimate of drug-likeness (QED) is 0.874. The third kappa shape index (κ3) is 2.69. The Kier molecular flexibility index (Phi) is 3.62. The lowest BCUT2D eigenvalue weighted by Crippen LogP contribution is -2.26. The Bertz CT molecular complexity index is 708. The van der Waals surface area contributed by atoms with E-state index in [1.165, 1.54) is 11.8 Å². The van der Waals surface area contributed by atoms with Gasteiger partial charge >= 0.3 is 6.09 Å². The molecule has 1 amide bonds. The molecule has 3 rings (SSSR count). The number of ketones is 1. The minimum atomic E-state index is -0.929. The topological polar surface area (TPSA) is 96.5 Å². The number of amides is 1. The molecule has 0 bridgehead atoms. The lowest BCUT2D eigenvalue weighted by Gasteiger charge is -2.09. The standard InChI is InChI=1S/C15H15N3O4/c1-9(19)10-2-4-11(5-3-10)13-16-14(22-17-13)12-6-7-18(8-12)15(20)21/h2-5,12H,6-8H2,1H3,(H,20,21)/t12-/m1/s1. The fraction of sp³-hybridized carbons (Fsp3) is 0.333. The summed E-state index contributed by atoms with van der Waals surface area (Å²) >= 11 is 0. The molecule has 1 atom stereocenters. The summed E-state index contributed by atoms with van der Waals surface area (Å²) in [5, 5.41) is 12.9. The molecule has 0 aliphatic carbocycles. The maximum Gasteiger partial charge on any atom is 0.407 e. The number of rotatable bonds is 3. The first kappa shape index (κ1) is 14.2. The maximum atomic E-state index is 11.3. The third-order valence-corrected chi connectivity index (χ3v) is 3.80. The number of likely N-dealkylation sites (tertiary alicyclic amines) is 1. The van der Waals surface area contributed by atoms with Crippen LogP contribution in [0.3, 0.4) is 0 Å². The molecule has 1 aliphatic heterocycles. The summed E-state index contributed by atoms with van der Waals surface area (Å²) in [5.41, 5.74) is 1.38. The molecule has 1 aliphatic rings. The molecule has 1 aromatic heterocycles. The Morgan fingerprint density at radius 3 is 2.64 bits per heavy atom. The highest BCUT2D eigenvalue weighted by atomic mass is 16.5. The number of benzene rings is 1. The molecule has 1 N–H and O–H groups in total. The predicted molar refractivity (Wildman–Crippen MR) is 76.7 cm³/mol. The number of Topliss-reactive ketones (excluding diaryl/α,β-unsaturated/α-hetero) is 1. The second-order valence-electron chi connectivity index (χ2n) is 5.30. The van der Waals surface area contributed by atoms with Gasteiger partial charge in [0, 0.05) is 24.2 Å². The van der Waals surface area contributed by atoms with Gasteiger partial charge in [-0.05, 0) is 13.3 Å². The Morgan fingerprint density at radius 1 is 1.32 bits per heavy atom. The van der Waals surface area contributed by atoms with Gasteiger partial charge in [-0.2, -0.15) is 4.98 Å². The minimum Gasteiger partial charge on any atom is -0.465 e. The van der Waals surface area contributed by atoms with E-state index in [4.69, 9.17) is 9.63 Å². The van der Waals surface area contributed by atoms with Gasteiger partial charge in [-0.25, -0.2) is 4.79 Å². The number of carbonyl (C=O) groups excluding carboxylic acids is 1. The Balaban J connectivity index is 1.76. The van der Waals surface area contributed by atoms with Crippen LogP contribution in [0.2, 0.25) is 0 Å². The van der Waals surface area contributed by atoms with Gasteiger partial charge in [0.2, 0.25) is 11.7 Å². The van der Waals surface area contributed by atoms with Gasteiger partial charge in [-0.3, -0.25) is 4.79 Å². The van der Waals surface area contributed by atoms with Gasteiger partial charge in [0.25, 0.3) is 0 Å². The highest BCUT2D eigenvalue weighted by molar-refractivity contribution is 5.94. The van der Waals surface area contributed by atoms with Crippen LogP contribution in [0, 0.1) is 0 Å². The van der Waals surface area contributed by atoms with Crippen molar-refractivity contribution in [1.82, 2.24) is 15.0 Å². The van der Waals surface area contributed by atoms with Gasteiger partial charge in [-0.15, -0.1) is 0 Å². The zero-order valence-corrected chi connectivity index (χ0v) is 12.0. The van der Waals surface area contributed by atoms with Crippen molar-refractivity contribution in [2.75, 3.05) is 13.1 Å². The van der Waals surface area contributed by atoms with E-state index in [1.54, 1.807) is 24.3 Å². The zero-order chi connectivity index (χ0) is 15.7. The lowest BCUT2D eigenvalue weighted by atomic mass is 10.1. The molecule has 7 heteroatoms. The maximum absolute atomic E-state index is 11.3. The van der Waals surface area contributed by atoms with Crippen LogP contribution in [0.15, 0.2) is 28.8 Å². The van der Waals surface area contributed by atoms with Crippen molar-refractivity contribution < 1.29 is 19.2 Å². The molecule has 0 unspecified atom stereocenters. The highest BCUT2D eigenvalue weighted by Crippen LogP contribution is 2.27. The molecule has 1 fully saturated rings. The monoisotopic (exact) mass is 301 g/mol. The van der Waals surface area contributed by atoms with Crippen molar-refractivity contribution in [2.45, 2.75) is 19.3 Å². The number of nitrogens with zero attached hydrogens (tertiary/aromatic N) is 3. The van der Waals surface area contributed by atoms with Crippen LogP contribution < -0.4 is 0 Å². The average Bonchev–Trinajstić information content (AvgIpc) is 3.16. The summed E-state index contributed by atoms with van der Waals surface area (Å²) < 4.78 is 5.26. The number of aromatic nitrogens is 2. The molecule has 2 aromatic rings. The number of hydrogen-bond donors (Lipinski definition) is 1. The second kappa shape index (κ2) is 5.59. The van der Waals surface area contributed by atoms with Crippen LogP contribution in [0.1, 0.15) is 35.5 Å². The predicted octanol–water partition coefficient (Wildman–Crippen LogP) is 2.41. The average molecular weight is 301 g/mol. The van der Waals surface area contributed by atoms with E-state index in [9.17, 15) is 9.59 Å². The third-order valence-electron chi connectivity index (χ3n) is 3.80. The van der Waals surface area contributed by atoms with Crippen molar-refractivity contribution in [3.8, 4) is 11.4 Å². The molecular weight excluding hydrogens is 286 g/mol. The molecule has 1 saturated heterocycles. The van der Waals surface area contributed by atoms with Crippen LogP contribution in [0.25, 0.3) is 11.4 Å². The molecule has 0 saturated carbocycles. The molecule has 114 valence electrons. The Labute approximate surface area is 126 Å². The first-order valence-electron chi connectivity index (χ1n) is 6.97. The van der Waals surface area contributed by atoms with E-state index in [-0.39, 0.29) is 11.7 Å². The first-order chi connectivity index (χ1) is 10.5. The molecule has 2 heterocycles. The SMILES string of the molecule is CC(=O)c1ccc(-c2noc([C@@H]3CCN(C(=O)O)C3)n2)cc1. The molecule has 1 aromatic carbocycles. The van der Waals surface area contributed by atoms with Crippen molar-refractivity contribution in [1.29, 1.82) is 0 Å². The fourth-order valence-electron chi connectivity index (χ4n) is 2.51. The molecular formula is C15H15N3O4. The summed E-state index contributed by atoms with van der Waals surface area (Å²) in [6, 6.07) is 6.97. The molecule has 0 spiro atoms. The van der Waals surface area contributed by atoms with E-state index < -0.39 is 6.09 Å². The Morgan fingerprint density at radius 2 is 2.05 bits per heavy atom. The summed E-state index contributed by atoms with van der Waals surface area (Å²) in [6.07, 6.45) is -0.251. The number of carboxylic acid groups (broad SMARTS) is 1. The second-order valence-corrected chi connectivity index (χ2v) is 5.30. The van der Waals surface area contributed by atoms with Gasteiger partial charge in [0.1, 0.15) is 0 Å². The molecule has 22 heavy (non-hydrogen) atoms. The van der Waals surface area contributed by atoms with Gasteiger partial charge in [0.05, 0.1) is 5.92 Å². The highest BCUT2D eigenvalue weighted by Gasteiger charge is 2.31. The van der Waals surface area contributed by atoms with Crippen LogP contribution in [-0.2, 0) is 0 Å². The fourth-order valence-corrected chi connectivity index (χ4v) is 2.51. The Hall–Kier alpha value is -2.70. The van der Waals surface area contributed by atoms with Gasteiger partial charge < -0.3 is 14.5 Å². The summed E-state index contributed by atoms with van der Waals surface area (Å²) in [7, 11) is 0. The lowest BCUT2D eigenvalue weighted by molar-refractivity contribution is 0.101. The molecule has 0 radical (unpaired) electrons. The smallest absolute Gasteiger partial charge is 0.407 e. The largest absolute Gasteiger partial charge is 0.465 e. The number of hydrogen-bond acceptors (Lipinski definition) is 5. The summed E-state index contributed by atoms with van der Waals surface area (Å²) in [4.78, 5) is 27.9.